The third-order valence-corrected chi connectivity index (χ3v) is 4.44. The minimum atomic E-state index is -0.154. The molecule has 1 amide bonds. The van der Waals surface area contributed by atoms with Crippen LogP contribution in [0.25, 0.3) is 0 Å². The summed E-state index contributed by atoms with van der Waals surface area (Å²) in [6.45, 7) is 0.536. The number of nitrogens with one attached hydrogen (secondary N) is 1. The molecule has 1 aliphatic carbocycles. The number of carbonyl (C=O) groups is 1. The second-order valence-electron chi connectivity index (χ2n) is 5.01. The molecule has 2 rings (SSSR count). The fourth-order valence-electron chi connectivity index (χ4n) is 2.59. The van der Waals surface area contributed by atoms with Gasteiger partial charge in [-0.1, -0.05) is 47.0 Å². The van der Waals surface area contributed by atoms with Gasteiger partial charge in [0.2, 0.25) is 5.91 Å². The maximum atomic E-state index is 12.1. The first kappa shape index (κ1) is 13.6. The van der Waals surface area contributed by atoms with Gasteiger partial charge in [-0.05, 0) is 24.5 Å². The molecular weight excluding hydrogens is 292 g/mol. The van der Waals surface area contributed by atoms with Crippen molar-refractivity contribution in [3.05, 3.63) is 34.3 Å². The molecule has 0 aromatic heterocycles. The molecule has 0 spiro atoms. The fourth-order valence-corrected chi connectivity index (χ4v) is 3.01. The number of nitrogens with two attached hydrogens (primary N) is 1. The Morgan fingerprint density at radius 1 is 1.33 bits per heavy atom. The smallest absolute Gasteiger partial charge is 0.224 e. The lowest BCUT2D eigenvalue weighted by atomic mass is 9.97. The molecule has 0 atom stereocenters. The zero-order valence-corrected chi connectivity index (χ0v) is 12.0. The van der Waals surface area contributed by atoms with Crippen LogP contribution in [0.1, 0.15) is 31.2 Å². The molecule has 18 heavy (non-hydrogen) atoms. The average molecular weight is 311 g/mol. The summed E-state index contributed by atoms with van der Waals surface area (Å²) in [7, 11) is 0. The number of amides is 1. The van der Waals surface area contributed by atoms with Crippen molar-refractivity contribution in [3.8, 4) is 0 Å². The van der Waals surface area contributed by atoms with Crippen LogP contribution in [0.4, 0.5) is 0 Å². The molecule has 1 aromatic rings. The predicted molar refractivity (Wildman–Crippen MR) is 76.2 cm³/mol. The molecule has 0 bridgehead atoms. The van der Waals surface area contributed by atoms with Crippen LogP contribution >= 0.6 is 15.9 Å². The Morgan fingerprint density at radius 3 is 2.61 bits per heavy atom. The van der Waals surface area contributed by atoms with Gasteiger partial charge in [0, 0.05) is 11.0 Å². The number of benzene rings is 1. The standard InChI is InChI=1S/C14H19BrN2O/c15-12-6-2-1-5-11(12)9-13(18)17-14(10-16)7-3-4-8-14/h1-2,5-6H,3-4,7-10,16H2,(H,17,18). The number of hydrogen-bond acceptors (Lipinski definition) is 2. The van der Waals surface area contributed by atoms with Crippen molar-refractivity contribution in [2.24, 2.45) is 5.73 Å². The van der Waals surface area contributed by atoms with Gasteiger partial charge in [0.1, 0.15) is 0 Å². The first-order valence-electron chi connectivity index (χ1n) is 6.40. The van der Waals surface area contributed by atoms with E-state index in [1.807, 2.05) is 24.3 Å². The monoisotopic (exact) mass is 310 g/mol. The second kappa shape index (κ2) is 5.85. The molecule has 1 aliphatic rings. The summed E-state index contributed by atoms with van der Waals surface area (Å²) < 4.78 is 0.980. The normalized spacial score (nSPS) is 17.7. The van der Waals surface area contributed by atoms with Gasteiger partial charge in [0.15, 0.2) is 0 Å². The Bertz CT molecular complexity index is 428. The van der Waals surface area contributed by atoms with Crippen LogP contribution in [0, 0.1) is 0 Å². The molecule has 0 heterocycles. The summed E-state index contributed by atoms with van der Waals surface area (Å²) in [5.74, 6) is 0.0641. The fraction of sp³-hybridized carbons (Fsp3) is 0.500. The molecule has 4 heteroatoms. The van der Waals surface area contributed by atoms with Crippen molar-refractivity contribution in [1.29, 1.82) is 0 Å². The zero-order valence-electron chi connectivity index (χ0n) is 10.4. The molecule has 1 aromatic carbocycles. The van der Waals surface area contributed by atoms with Gasteiger partial charge in [0.05, 0.1) is 12.0 Å². The first-order chi connectivity index (χ1) is 8.65. The number of halogens is 1. The van der Waals surface area contributed by atoms with E-state index in [0.29, 0.717) is 13.0 Å². The van der Waals surface area contributed by atoms with Crippen molar-refractivity contribution < 1.29 is 4.79 Å². The van der Waals surface area contributed by atoms with Gasteiger partial charge in [-0.3, -0.25) is 4.79 Å². The van der Waals surface area contributed by atoms with Gasteiger partial charge < -0.3 is 11.1 Å². The third-order valence-electron chi connectivity index (χ3n) is 3.66. The second-order valence-corrected chi connectivity index (χ2v) is 5.86. The molecule has 0 unspecified atom stereocenters. The lowest BCUT2D eigenvalue weighted by Gasteiger charge is -2.28. The zero-order chi connectivity index (χ0) is 13.0. The Hall–Kier alpha value is -0.870. The van der Waals surface area contributed by atoms with Crippen LogP contribution in [0.2, 0.25) is 0 Å². The minimum absolute atomic E-state index is 0.0641. The maximum Gasteiger partial charge on any atom is 0.224 e. The Labute approximate surface area is 116 Å². The lowest BCUT2D eigenvalue weighted by molar-refractivity contribution is -0.122. The van der Waals surface area contributed by atoms with Crippen molar-refractivity contribution in [3.63, 3.8) is 0 Å². The van der Waals surface area contributed by atoms with Crippen LogP contribution in [0.3, 0.4) is 0 Å². The number of carbonyl (C=O) groups excluding carboxylic acids is 1. The summed E-state index contributed by atoms with van der Waals surface area (Å²) in [4.78, 5) is 12.1. The van der Waals surface area contributed by atoms with E-state index in [-0.39, 0.29) is 11.4 Å². The van der Waals surface area contributed by atoms with Gasteiger partial charge in [-0.15, -0.1) is 0 Å². The van der Waals surface area contributed by atoms with Gasteiger partial charge in [-0.2, -0.15) is 0 Å². The largest absolute Gasteiger partial charge is 0.349 e. The lowest BCUT2D eigenvalue weighted by Crippen LogP contribution is -2.52. The summed E-state index contributed by atoms with van der Waals surface area (Å²) in [6, 6.07) is 7.82. The highest BCUT2D eigenvalue weighted by molar-refractivity contribution is 9.10. The Balaban J connectivity index is 1.98. The van der Waals surface area contributed by atoms with Crippen LogP contribution in [-0.2, 0) is 11.2 Å². The Morgan fingerprint density at radius 2 is 2.00 bits per heavy atom. The molecule has 3 N–H and O–H groups in total. The highest BCUT2D eigenvalue weighted by Gasteiger charge is 2.33. The van der Waals surface area contributed by atoms with Crippen molar-refractivity contribution in [1.82, 2.24) is 5.32 Å². The van der Waals surface area contributed by atoms with E-state index in [9.17, 15) is 4.79 Å². The van der Waals surface area contributed by atoms with E-state index in [0.717, 1.165) is 35.7 Å². The van der Waals surface area contributed by atoms with E-state index in [2.05, 4.69) is 21.2 Å². The van der Waals surface area contributed by atoms with Gasteiger partial charge in [0.25, 0.3) is 0 Å². The molecule has 1 fully saturated rings. The number of hydrogen-bond donors (Lipinski definition) is 2. The molecule has 0 saturated heterocycles. The van der Waals surface area contributed by atoms with E-state index in [4.69, 9.17) is 5.73 Å². The molecular formula is C14H19BrN2O. The third kappa shape index (κ3) is 3.12. The topological polar surface area (TPSA) is 55.1 Å². The Kier molecular flexibility index (Phi) is 4.40. The summed E-state index contributed by atoms with van der Waals surface area (Å²) in [5.41, 5.74) is 6.68. The van der Waals surface area contributed by atoms with Gasteiger partial charge >= 0.3 is 0 Å². The van der Waals surface area contributed by atoms with Crippen LogP contribution in [0.5, 0.6) is 0 Å². The first-order valence-corrected chi connectivity index (χ1v) is 7.19. The molecule has 3 nitrogen and oxygen atoms in total. The van der Waals surface area contributed by atoms with Crippen LogP contribution in [0.15, 0.2) is 28.7 Å². The quantitative estimate of drug-likeness (QED) is 0.897. The van der Waals surface area contributed by atoms with E-state index < -0.39 is 0 Å². The number of rotatable bonds is 4. The predicted octanol–water partition coefficient (Wildman–Crippen LogP) is 2.38. The highest BCUT2D eigenvalue weighted by Crippen LogP contribution is 2.28. The van der Waals surface area contributed by atoms with E-state index in [1.54, 1.807) is 0 Å². The molecule has 0 aliphatic heterocycles. The SMILES string of the molecule is NCC1(NC(=O)Cc2ccccc2Br)CCCC1. The van der Waals surface area contributed by atoms with Crippen LogP contribution < -0.4 is 11.1 Å². The van der Waals surface area contributed by atoms with Crippen molar-refractivity contribution in [2.75, 3.05) is 6.54 Å². The minimum Gasteiger partial charge on any atom is -0.349 e. The average Bonchev–Trinajstić information content (AvgIpc) is 2.81. The van der Waals surface area contributed by atoms with E-state index >= 15 is 0 Å². The summed E-state index contributed by atoms with van der Waals surface area (Å²) in [6.07, 6.45) is 4.73. The summed E-state index contributed by atoms with van der Waals surface area (Å²) >= 11 is 3.46. The van der Waals surface area contributed by atoms with Gasteiger partial charge in [-0.25, -0.2) is 0 Å². The van der Waals surface area contributed by atoms with Crippen molar-refractivity contribution >= 4 is 21.8 Å². The van der Waals surface area contributed by atoms with Crippen molar-refractivity contribution in [2.45, 2.75) is 37.6 Å². The highest BCUT2D eigenvalue weighted by atomic mass is 79.9. The molecule has 1 saturated carbocycles. The maximum absolute atomic E-state index is 12.1. The van der Waals surface area contributed by atoms with E-state index in [1.165, 1.54) is 0 Å². The van der Waals surface area contributed by atoms with Crippen LogP contribution in [-0.4, -0.2) is 18.0 Å². The summed E-state index contributed by atoms with van der Waals surface area (Å²) in [5, 5.41) is 3.13. The molecule has 98 valence electrons. The molecule has 0 radical (unpaired) electrons.